The topological polar surface area (TPSA) is 71.1 Å². The molecule has 35 heavy (non-hydrogen) atoms. The maximum Gasteiger partial charge on any atom is 0.297 e. The van der Waals surface area contributed by atoms with E-state index in [1.54, 1.807) is 31.4 Å². The Morgan fingerprint density at radius 2 is 1.77 bits per heavy atom. The van der Waals surface area contributed by atoms with Crippen LogP contribution in [0.25, 0.3) is 0 Å². The molecule has 0 amide bonds. The fourth-order valence-corrected chi connectivity index (χ4v) is 5.95. The third-order valence-electron chi connectivity index (χ3n) is 7.06. The number of ether oxygens (including phenoxy) is 3. The zero-order valence-electron chi connectivity index (χ0n) is 20.2. The first-order valence-electron chi connectivity index (χ1n) is 11.8. The summed E-state index contributed by atoms with van der Waals surface area (Å²) >= 11 is 0. The van der Waals surface area contributed by atoms with Gasteiger partial charge in [-0.25, -0.2) is 0 Å². The van der Waals surface area contributed by atoms with Crippen LogP contribution in [0.3, 0.4) is 0 Å². The van der Waals surface area contributed by atoms with Crippen LogP contribution in [0.2, 0.25) is 0 Å². The molecule has 1 aliphatic heterocycles. The number of methoxy groups -OCH3 is 1. The molecule has 7 heteroatoms. The van der Waals surface area contributed by atoms with Crippen LogP contribution >= 0.6 is 0 Å². The molecule has 1 heterocycles. The Labute approximate surface area is 206 Å². The summed E-state index contributed by atoms with van der Waals surface area (Å²) < 4.78 is 49.2. The Morgan fingerprint density at radius 3 is 2.49 bits per heavy atom. The zero-order chi connectivity index (χ0) is 24.6. The highest BCUT2D eigenvalue weighted by atomic mass is 32.2. The highest BCUT2D eigenvalue weighted by molar-refractivity contribution is 7.86. The van der Waals surface area contributed by atoms with Crippen molar-refractivity contribution < 1.29 is 26.8 Å². The maximum atomic E-state index is 12.8. The minimum Gasteiger partial charge on any atom is -0.493 e. The molecule has 2 bridgehead atoms. The van der Waals surface area contributed by atoms with E-state index in [1.807, 2.05) is 56.3 Å². The lowest BCUT2D eigenvalue weighted by atomic mass is 9.77. The van der Waals surface area contributed by atoms with Crippen molar-refractivity contribution in [3.05, 3.63) is 89.0 Å². The molecule has 184 valence electrons. The van der Waals surface area contributed by atoms with Crippen molar-refractivity contribution in [2.45, 2.75) is 49.9 Å². The van der Waals surface area contributed by atoms with E-state index >= 15 is 0 Å². The van der Waals surface area contributed by atoms with Crippen molar-refractivity contribution in [3.63, 3.8) is 0 Å². The molecule has 2 unspecified atom stereocenters. The Bertz CT molecular complexity index is 1300. The lowest BCUT2D eigenvalue weighted by Crippen LogP contribution is -2.38. The second kappa shape index (κ2) is 9.30. The smallest absolute Gasteiger partial charge is 0.297 e. The van der Waals surface area contributed by atoms with E-state index in [4.69, 9.17) is 18.4 Å². The fourth-order valence-electron chi connectivity index (χ4n) is 4.95. The van der Waals surface area contributed by atoms with Gasteiger partial charge in [-0.3, -0.25) is 4.18 Å². The third kappa shape index (κ3) is 4.81. The first-order valence-corrected chi connectivity index (χ1v) is 13.2. The number of fused-ring (bicyclic) bond motifs is 4. The lowest BCUT2D eigenvalue weighted by Gasteiger charge is -2.29. The predicted molar refractivity (Wildman–Crippen MR) is 132 cm³/mol. The molecule has 2 aliphatic rings. The van der Waals surface area contributed by atoms with Crippen molar-refractivity contribution in [1.82, 2.24) is 0 Å². The summed E-state index contributed by atoms with van der Waals surface area (Å²) in [6, 6.07) is 20.7. The summed E-state index contributed by atoms with van der Waals surface area (Å²) in [6.07, 6.45) is 1.41. The molecule has 6 nitrogen and oxygen atoms in total. The Hall–Kier alpha value is -2.87. The van der Waals surface area contributed by atoms with Gasteiger partial charge in [-0.2, -0.15) is 8.42 Å². The van der Waals surface area contributed by atoms with Gasteiger partial charge in [-0.15, -0.1) is 0 Å². The largest absolute Gasteiger partial charge is 0.493 e. The molecular weight excluding hydrogens is 464 g/mol. The second-order valence-corrected chi connectivity index (χ2v) is 11.2. The Balaban J connectivity index is 1.33. The molecule has 3 atom stereocenters. The maximum absolute atomic E-state index is 12.8. The average Bonchev–Trinajstić information content (AvgIpc) is 3.13. The molecule has 3 aromatic rings. The fraction of sp³-hybridized carbons (Fsp3) is 0.357. The van der Waals surface area contributed by atoms with Crippen molar-refractivity contribution in [2.24, 2.45) is 5.92 Å². The zero-order valence-corrected chi connectivity index (χ0v) is 21.0. The normalized spacial score (nSPS) is 23.1. The number of hydrogen-bond donors (Lipinski definition) is 0. The lowest BCUT2D eigenvalue weighted by molar-refractivity contribution is -0.0673. The van der Waals surface area contributed by atoms with E-state index < -0.39 is 15.7 Å². The third-order valence-corrected chi connectivity index (χ3v) is 8.34. The van der Waals surface area contributed by atoms with Crippen LogP contribution in [0.1, 0.15) is 41.7 Å². The standard InChI is InChI=1S/C28H30O6S/c1-19-9-11-23(12-10-19)35(29,30)33-18-28(2)22-13-21-14-26(31-3)27(16-24(21)25(15-22)34-28)32-17-20-7-5-4-6-8-20/h4-12,14,16,22,25H,13,15,17-18H2,1-3H3/t22-,25?,28?/m0/s1. The van der Waals surface area contributed by atoms with Crippen molar-refractivity contribution in [2.75, 3.05) is 13.7 Å². The van der Waals surface area contributed by atoms with Crippen LogP contribution in [0.15, 0.2) is 71.6 Å². The van der Waals surface area contributed by atoms with E-state index in [1.165, 1.54) is 0 Å². The highest BCUT2D eigenvalue weighted by Crippen LogP contribution is 2.52. The number of rotatable bonds is 8. The predicted octanol–water partition coefficient (Wildman–Crippen LogP) is 5.38. The molecule has 1 saturated heterocycles. The van der Waals surface area contributed by atoms with Crippen LogP contribution in [-0.2, 0) is 32.1 Å². The summed E-state index contributed by atoms with van der Waals surface area (Å²) in [7, 11) is -2.23. The molecule has 0 N–H and O–H groups in total. The van der Waals surface area contributed by atoms with Gasteiger partial charge >= 0.3 is 0 Å². The molecule has 0 radical (unpaired) electrons. The van der Waals surface area contributed by atoms with E-state index in [0.717, 1.165) is 35.1 Å². The van der Waals surface area contributed by atoms with Crippen LogP contribution in [-0.4, -0.2) is 27.7 Å². The molecule has 3 aromatic carbocycles. The minimum absolute atomic E-state index is 0.0349. The minimum atomic E-state index is -3.87. The summed E-state index contributed by atoms with van der Waals surface area (Å²) in [5.41, 5.74) is 3.54. The van der Waals surface area contributed by atoms with E-state index in [2.05, 4.69) is 0 Å². The molecule has 0 aromatic heterocycles. The van der Waals surface area contributed by atoms with Crippen LogP contribution in [0.4, 0.5) is 0 Å². The van der Waals surface area contributed by atoms with Gasteiger partial charge in [-0.1, -0.05) is 48.0 Å². The van der Waals surface area contributed by atoms with Crippen molar-refractivity contribution in [1.29, 1.82) is 0 Å². The number of benzene rings is 3. The Morgan fingerprint density at radius 1 is 1.03 bits per heavy atom. The number of hydrogen-bond acceptors (Lipinski definition) is 6. The van der Waals surface area contributed by atoms with Gasteiger partial charge in [0.1, 0.15) is 6.61 Å². The number of aryl methyl sites for hydroxylation is 1. The SMILES string of the molecule is COc1cc2c(cc1OCc1ccccc1)C1C[C@H](C2)C(C)(COS(=O)(=O)c2ccc(C)cc2)O1. The first-order chi connectivity index (χ1) is 16.8. The second-order valence-electron chi connectivity index (χ2n) is 9.56. The summed E-state index contributed by atoms with van der Waals surface area (Å²) in [5.74, 6) is 1.49. The van der Waals surface area contributed by atoms with Crippen molar-refractivity contribution in [3.8, 4) is 11.5 Å². The summed E-state index contributed by atoms with van der Waals surface area (Å²) in [6.45, 7) is 4.26. The quantitative estimate of drug-likeness (QED) is 0.392. The molecule has 1 fully saturated rings. The molecular formula is C28H30O6S. The van der Waals surface area contributed by atoms with Gasteiger partial charge in [0, 0.05) is 0 Å². The van der Waals surface area contributed by atoms with Crippen LogP contribution < -0.4 is 9.47 Å². The van der Waals surface area contributed by atoms with Crippen LogP contribution in [0, 0.1) is 12.8 Å². The summed E-state index contributed by atoms with van der Waals surface area (Å²) in [5, 5.41) is 0. The van der Waals surface area contributed by atoms with Crippen LogP contribution in [0.5, 0.6) is 11.5 Å². The van der Waals surface area contributed by atoms with Gasteiger partial charge < -0.3 is 14.2 Å². The Kier molecular flexibility index (Phi) is 6.34. The highest BCUT2D eigenvalue weighted by Gasteiger charge is 2.50. The van der Waals surface area contributed by atoms with Gasteiger partial charge in [0.15, 0.2) is 11.5 Å². The van der Waals surface area contributed by atoms with E-state index in [9.17, 15) is 8.42 Å². The van der Waals surface area contributed by atoms with Crippen molar-refractivity contribution >= 4 is 10.1 Å². The van der Waals surface area contributed by atoms with Gasteiger partial charge in [-0.05, 0) is 73.6 Å². The average molecular weight is 495 g/mol. The molecule has 1 aliphatic carbocycles. The molecule has 0 saturated carbocycles. The van der Waals surface area contributed by atoms with Gasteiger partial charge in [0.25, 0.3) is 10.1 Å². The van der Waals surface area contributed by atoms with Gasteiger partial charge in [0.05, 0.1) is 30.3 Å². The molecule has 5 rings (SSSR count). The van der Waals surface area contributed by atoms with E-state index in [0.29, 0.717) is 18.1 Å². The monoisotopic (exact) mass is 494 g/mol. The first kappa shape index (κ1) is 23.9. The molecule has 0 spiro atoms. The van der Waals surface area contributed by atoms with Gasteiger partial charge in [0.2, 0.25) is 0 Å². The summed E-state index contributed by atoms with van der Waals surface area (Å²) in [4.78, 5) is 0.154. The van der Waals surface area contributed by atoms with E-state index in [-0.39, 0.29) is 23.5 Å².